The van der Waals surface area contributed by atoms with Crippen LogP contribution in [0.3, 0.4) is 0 Å². The van der Waals surface area contributed by atoms with Crippen molar-refractivity contribution >= 4 is 5.69 Å². The van der Waals surface area contributed by atoms with Crippen LogP contribution in [0.4, 0.5) is 10.1 Å². The summed E-state index contributed by atoms with van der Waals surface area (Å²) >= 11 is 0. The first-order valence-electron chi connectivity index (χ1n) is 3.35. The van der Waals surface area contributed by atoms with Crippen molar-refractivity contribution in [3.05, 3.63) is 6.20 Å². The van der Waals surface area contributed by atoms with E-state index in [4.69, 9.17) is 10.5 Å². The molecule has 2 N–H and O–H groups in total. The minimum Gasteiger partial charge on any atom is -0.473 e. The van der Waals surface area contributed by atoms with Crippen LogP contribution in [0, 0.1) is 0 Å². The molecule has 4 nitrogen and oxygen atoms in total. The maximum atomic E-state index is 12.6. The molecule has 11 heavy (non-hydrogen) atoms. The molecule has 1 aliphatic rings. The van der Waals surface area contributed by atoms with E-state index in [9.17, 15) is 4.39 Å². The van der Waals surface area contributed by atoms with Gasteiger partial charge < -0.3 is 10.5 Å². The zero-order chi connectivity index (χ0) is 7.84. The molecule has 0 bridgehead atoms. The van der Waals surface area contributed by atoms with Crippen molar-refractivity contribution in [1.29, 1.82) is 0 Å². The van der Waals surface area contributed by atoms with Gasteiger partial charge in [-0.15, -0.1) is 0 Å². The first kappa shape index (κ1) is 6.45. The summed E-state index contributed by atoms with van der Waals surface area (Å²) in [4.78, 5) is 0. The second kappa shape index (κ2) is 2.11. The fourth-order valence-corrected chi connectivity index (χ4v) is 1.09. The Labute approximate surface area is 62.7 Å². The molecule has 0 spiro atoms. The second-order valence-corrected chi connectivity index (χ2v) is 2.50. The van der Waals surface area contributed by atoms with Crippen LogP contribution >= 0.6 is 0 Å². The molecule has 1 atom stereocenters. The van der Waals surface area contributed by atoms with Gasteiger partial charge >= 0.3 is 0 Å². The molecule has 1 aliphatic heterocycles. The summed E-state index contributed by atoms with van der Waals surface area (Å²) in [7, 11) is 0. The highest BCUT2D eigenvalue weighted by molar-refractivity contribution is 5.46. The lowest BCUT2D eigenvalue weighted by Gasteiger charge is -2.18. The second-order valence-electron chi connectivity index (χ2n) is 2.50. The standard InChI is InChI=1S/C6H8FN3O/c7-4-2-10-6(11-3-4)5(8)1-9-10/h1,4H,2-3,8H2/t4-/m1/s1. The molecule has 1 aromatic rings. The van der Waals surface area contributed by atoms with Crippen molar-refractivity contribution < 1.29 is 9.13 Å². The lowest BCUT2D eigenvalue weighted by molar-refractivity contribution is 0.126. The number of hydrogen-bond donors (Lipinski definition) is 1. The fourth-order valence-electron chi connectivity index (χ4n) is 1.09. The van der Waals surface area contributed by atoms with Crippen LogP contribution in [0.25, 0.3) is 0 Å². The predicted molar refractivity (Wildman–Crippen MR) is 37.0 cm³/mol. The summed E-state index contributed by atoms with van der Waals surface area (Å²) in [5.74, 6) is 0.485. The highest BCUT2D eigenvalue weighted by Gasteiger charge is 2.21. The van der Waals surface area contributed by atoms with Crippen LogP contribution < -0.4 is 10.5 Å². The van der Waals surface area contributed by atoms with Crippen molar-refractivity contribution in [1.82, 2.24) is 9.78 Å². The number of rotatable bonds is 0. The first-order valence-corrected chi connectivity index (χ1v) is 3.35. The molecular weight excluding hydrogens is 149 g/mol. The number of alkyl halides is 1. The predicted octanol–water partition coefficient (Wildman–Crippen LogP) is 0.196. The van der Waals surface area contributed by atoms with E-state index in [1.54, 1.807) is 0 Å². The number of nitrogens with two attached hydrogens (primary N) is 1. The Morgan fingerprint density at radius 1 is 1.82 bits per heavy atom. The minimum atomic E-state index is -0.971. The summed E-state index contributed by atoms with van der Waals surface area (Å²) in [5.41, 5.74) is 5.95. The summed E-state index contributed by atoms with van der Waals surface area (Å²) in [6.07, 6.45) is 0.495. The van der Waals surface area contributed by atoms with Gasteiger partial charge in [0, 0.05) is 0 Å². The van der Waals surface area contributed by atoms with E-state index in [1.807, 2.05) is 0 Å². The largest absolute Gasteiger partial charge is 0.473 e. The third-order valence-corrected chi connectivity index (χ3v) is 1.59. The number of aromatic nitrogens is 2. The number of anilines is 1. The number of halogens is 1. The van der Waals surface area contributed by atoms with E-state index in [1.165, 1.54) is 10.9 Å². The van der Waals surface area contributed by atoms with Crippen molar-refractivity contribution in [2.45, 2.75) is 12.7 Å². The van der Waals surface area contributed by atoms with Crippen molar-refractivity contribution in [3.8, 4) is 5.88 Å². The Kier molecular flexibility index (Phi) is 1.24. The molecule has 1 aromatic heterocycles. The third-order valence-electron chi connectivity index (χ3n) is 1.59. The molecule has 0 unspecified atom stereocenters. The summed E-state index contributed by atoms with van der Waals surface area (Å²) in [5, 5.41) is 3.83. The molecule has 0 radical (unpaired) electrons. The molecule has 5 heteroatoms. The van der Waals surface area contributed by atoms with E-state index in [2.05, 4.69) is 5.10 Å². The quantitative estimate of drug-likeness (QED) is 0.585. The number of nitrogens with zero attached hydrogens (tertiary/aromatic N) is 2. The first-order chi connectivity index (χ1) is 5.27. The van der Waals surface area contributed by atoms with Crippen LogP contribution in [-0.2, 0) is 6.54 Å². The Morgan fingerprint density at radius 3 is 3.45 bits per heavy atom. The van der Waals surface area contributed by atoms with Crippen LogP contribution in [-0.4, -0.2) is 22.6 Å². The Morgan fingerprint density at radius 2 is 2.64 bits per heavy atom. The maximum Gasteiger partial charge on any atom is 0.235 e. The highest BCUT2D eigenvalue weighted by Crippen LogP contribution is 2.24. The molecule has 2 heterocycles. The fraction of sp³-hybridized carbons (Fsp3) is 0.500. The lowest BCUT2D eigenvalue weighted by Crippen LogP contribution is -2.27. The monoisotopic (exact) mass is 157 g/mol. The SMILES string of the molecule is Nc1cnn2c1OC[C@H](F)C2. The summed E-state index contributed by atoms with van der Waals surface area (Å²) in [6, 6.07) is 0. The molecule has 0 saturated carbocycles. The van der Waals surface area contributed by atoms with Crippen molar-refractivity contribution in [2.24, 2.45) is 0 Å². The maximum absolute atomic E-state index is 12.6. The van der Waals surface area contributed by atoms with Gasteiger partial charge in [0.2, 0.25) is 5.88 Å². The van der Waals surface area contributed by atoms with Gasteiger partial charge in [-0.25, -0.2) is 9.07 Å². The van der Waals surface area contributed by atoms with Crippen LogP contribution in [0.5, 0.6) is 5.88 Å². The van der Waals surface area contributed by atoms with Crippen molar-refractivity contribution in [3.63, 3.8) is 0 Å². The molecule has 2 rings (SSSR count). The van der Waals surface area contributed by atoms with E-state index < -0.39 is 6.17 Å². The lowest BCUT2D eigenvalue weighted by atomic mass is 10.4. The Bertz CT molecular complexity index is 273. The smallest absolute Gasteiger partial charge is 0.235 e. The number of ether oxygens (including phenoxy) is 1. The van der Waals surface area contributed by atoms with Gasteiger partial charge in [0.15, 0.2) is 6.17 Å². The Hall–Kier alpha value is -1.26. The Balaban J connectivity index is 2.36. The molecular formula is C6H8FN3O. The highest BCUT2D eigenvalue weighted by atomic mass is 19.1. The number of fused-ring (bicyclic) bond motifs is 1. The van der Waals surface area contributed by atoms with Gasteiger partial charge in [-0.05, 0) is 0 Å². The van der Waals surface area contributed by atoms with Crippen molar-refractivity contribution in [2.75, 3.05) is 12.3 Å². The zero-order valence-corrected chi connectivity index (χ0v) is 5.83. The molecule has 60 valence electrons. The molecule has 0 aliphatic carbocycles. The average Bonchev–Trinajstić information content (AvgIpc) is 2.32. The van der Waals surface area contributed by atoms with Gasteiger partial charge in [-0.2, -0.15) is 5.10 Å². The molecule has 0 aromatic carbocycles. The summed E-state index contributed by atoms with van der Waals surface area (Å²) < 4.78 is 19.1. The average molecular weight is 157 g/mol. The summed E-state index contributed by atoms with van der Waals surface area (Å²) in [6.45, 7) is 0.322. The number of nitrogen functional groups attached to an aromatic ring is 1. The van der Waals surface area contributed by atoms with Gasteiger partial charge in [-0.1, -0.05) is 0 Å². The van der Waals surface area contributed by atoms with E-state index in [-0.39, 0.29) is 13.2 Å². The molecule has 0 amide bonds. The minimum absolute atomic E-state index is 0.0793. The molecule has 0 saturated heterocycles. The van der Waals surface area contributed by atoms with Crippen LogP contribution in [0.2, 0.25) is 0 Å². The number of hydrogen-bond acceptors (Lipinski definition) is 3. The van der Waals surface area contributed by atoms with Gasteiger partial charge in [0.05, 0.1) is 12.7 Å². The van der Waals surface area contributed by atoms with Crippen LogP contribution in [0.1, 0.15) is 0 Å². The van der Waals surface area contributed by atoms with E-state index >= 15 is 0 Å². The van der Waals surface area contributed by atoms with Crippen LogP contribution in [0.15, 0.2) is 6.20 Å². The zero-order valence-electron chi connectivity index (χ0n) is 5.83. The normalized spacial score (nSPS) is 22.5. The van der Waals surface area contributed by atoms with Gasteiger partial charge in [0.1, 0.15) is 12.3 Å². The third kappa shape index (κ3) is 0.923. The van der Waals surface area contributed by atoms with Gasteiger partial charge in [0.25, 0.3) is 0 Å². The van der Waals surface area contributed by atoms with E-state index in [0.29, 0.717) is 11.6 Å². The van der Waals surface area contributed by atoms with Gasteiger partial charge in [-0.3, -0.25) is 0 Å². The van der Waals surface area contributed by atoms with E-state index in [0.717, 1.165) is 0 Å². The molecule has 0 fully saturated rings. The topological polar surface area (TPSA) is 53.1 Å².